The van der Waals surface area contributed by atoms with Crippen LogP contribution in [0.4, 0.5) is 0 Å². The van der Waals surface area contributed by atoms with Crippen molar-refractivity contribution in [3.63, 3.8) is 0 Å². The molecule has 0 spiro atoms. The molecule has 8 heteroatoms. The lowest BCUT2D eigenvalue weighted by Crippen LogP contribution is -2.54. The second kappa shape index (κ2) is 13.1. The van der Waals surface area contributed by atoms with Gasteiger partial charge in [-0.3, -0.25) is 0 Å². The predicted octanol–water partition coefficient (Wildman–Crippen LogP) is 4.45. The number of thiol groups is 8. The normalized spacial score (nSPS) is 20.6. The van der Waals surface area contributed by atoms with Gasteiger partial charge in [0.05, 0.1) is 0 Å². The van der Waals surface area contributed by atoms with Crippen LogP contribution in [0.3, 0.4) is 0 Å². The molecule has 0 heterocycles. The van der Waals surface area contributed by atoms with Gasteiger partial charge in [0.2, 0.25) is 0 Å². The van der Waals surface area contributed by atoms with E-state index in [9.17, 15) is 0 Å². The molecule has 0 rings (SSSR count). The number of hydrogen-bond donors (Lipinski definition) is 8. The summed E-state index contributed by atoms with van der Waals surface area (Å²) in [5.41, 5.74) is -0.199. The summed E-state index contributed by atoms with van der Waals surface area (Å²) in [5, 5.41) is 0.564. The third-order valence-electron chi connectivity index (χ3n) is 3.92. The van der Waals surface area contributed by atoms with Gasteiger partial charge in [-0.1, -0.05) is 0 Å². The summed E-state index contributed by atoms with van der Waals surface area (Å²) in [6.07, 6.45) is 3.62. The monoisotopic (exact) mass is 440 g/mol. The van der Waals surface area contributed by atoms with Crippen LogP contribution in [0.2, 0.25) is 0 Å². The fourth-order valence-electron chi connectivity index (χ4n) is 2.82. The fourth-order valence-corrected chi connectivity index (χ4v) is 8.05. The van der Waals surface area contributed by atoms with E-state index in [4.69, 9.17) is 50.5 Å². The van der Waals surface area contributed by atoms with Crippen LogP contribution in [0, 0.1) is 5.41 Å². The van der Waals surface area contributed by atoms with Crippen LogP contribution in [0.15, 0.2) is 0 Å². The second-order valence-electron chi connectivity index (χ2n) is 5.11. The number of hydrogen-bond acceptors (Lipinski definition) is 8. The minimum atomic E-state index is -0.199. The Kier molecular flexibility index (Phi) is 14.8. The smallest absolute Gasteiger partial charge is 0.0169 e. The van der Waals surface area contributed by atoms with Gasteiger partial charge in [-0.2, -0.15) is 101 Å². The highest BCUT2D eigenvalue weighted by atomic mass is 32.1. The quantitative estimate of drug-likeness (QED) is 0.202. The Morgan fingerprint density at radius 1 is 0.476 bits per heavy atom. The maximum absolute atomic E-state index is 4.92. The first-order valence-corrected chi connectivity index (χ1v) is 11.7. The summed E-state index contributed by atoms with van der Waals surface area (Å²) in [5.74, 6) is 3.17. The van der Waals surface area contributed by atoms with E-state index >= 15 is 0 Å². The van der Waals surface area contributed by atoms with Gasteiger partial charge in [0.1, 0.15) is 0 Å². The van der Waals surface area contributed by atoms with E-state index in [1.807, 2.05) is 0 Å². The molecule has 0 aliphatic carbocycles. The van der Waals surface area contributed by atoms with Gasteiger partial charge >= 0.3 is 0 Å². The van der Waals surface area contributed by atoms with Gasteiger partial charge in [0.15, 0.2) is 0 Å². The molecule has 4 atom stereocenters. The minimum absolute atomic E-state index is 0.141. The Labute approximate surface area is 174 Å². The molecule has 0 saturated carbocycles. The molecule has 0 aliphatic heterocycles. The lowest BCUT2D eigenvalue weighted by atomic mass is 9.70. The maximum atomic E-state index is 4.92. The van der Waals surface area contributed by atoms with Crippen LogP contribution in [0.25, 0.3) is 0 Å². The molecule has 0 saturated heterocycles. The molecular formula is C13H28S8. The highest BCUT2D eigenvalue weighted by Gasteiger charge is 2.50. The molecule has 0 aromatic carbocycles. The van der Waals surface area contributed by atoms with Crippen molar-refractivity contribution < 1.29 is 0 Å². The van der Waals surface area contributed by atoms with E-state index in [-0.39, 0.29) is 26.4 Å². The third-order valence-corrected chi connectivity index (χ3v) is 7.77. The summed E-state index contributed by atoms with van der Waals surface area (Å²) < 4.78 is 0. The zero-order valence-electron chi connectivity index (χ0n) is 12.0. The molecule has 0 nitrogen and oxygen atoms in total. The summed E-state index contributed by atoms with van der Waals surface area (Å²) in [7, 11) is 0. The van der Waals surface area contributed by atoms with E-state index in [1.54, 1.807) is 0 Å². The van der Waals surface area contributed by atoms with Crippen molar-refractivity contribution in [2.75, 3.05) is 23.0 Å². The summed E-state index contributed by atoms with van der Waals surface area (Å²) in [6.45, 7) is 0. The molecule has 128 valence electrons. The Morgan fingerprint density at radius 3 is 0.810 bits per heavy atom. The highest BCUT2D eigenvalue weighted by molar-refractivity contribution is 7.84. The fraction of sp³-hybridized carbons (Fsp3) is 1.00. The van der Waals surface area contributed by atoms with Gasteiger partial charge in [-0.05, 0) is 48.7 Å². The first-order valence-electron chi connectivity index (χ1n) is 7.09. The Balaban J connectivity index is 5.67. The van der Waals surface area contributed by atoms with E-state index in [0.29, 0.717) is 0 Å². The predicted molar refractivity (Wildman–Crippen MR) is 127 cm³/mol. The average molecular weight is 441 g/mol. The van der Waals surface area contributed by atoms with Crippen LogP contribution in [-0.4, -0.2) is 44.0 Å². The van der Waals surface area contributed by atoms with E-state index in [0.717, 1.165) is 48.7 Å². The molecule has 4 unspecified atom stereocenters. The zero-order chi connectivity index (χ0) is 16.5. The molecule has 0 bridgehead atoms. The first kappa shape index (κ1) is 23.8. The molecule has 0 N–H and O–H groups in total. The van der Waals surface area contributed by atoms with E-state index < -0.39 is 0 Å². The van der Waals surface area contributed by atoms with Crippen molar-refractivity contribution in [1.29, 1.82) is 0 Å². The van der Waals surface area contributed by atoms with Crippen molar-refractivity contribution in [3.05, 3.63) is 0 Å². The van der Waals surface area contributed by atoms with Crippen molar-refractivity contribution in [2.45, 2.75) is 46.7 Å². The van der Waals surface area contributed by atoms with Crippen LogP contribution in [0.1, 0.15) is 25.7 Å². The molecule has 0 fully saturated rings. The standard InChI is InChI=1S/C13H28S8/c14-5-1-9(18)13(10(19)2-6-15,11(20)3-7-16)12(21)4-8-17/h9-12,14-21H,1-8H2. The molecule has 0 aliphatic rings. The first-order chi connectivity index (χ1) is 9.93. The second-order valence-corrected chi connectivity index (χ2v) is 9.39. The largest absolute Gasteiger partial charge is 0.179 e. The van der Waals surface area contributed by atoms with Gasteiger partial charge in [0.25, 0.3) is 0 Å². The van der Waals surface area contributed by atoms with E-state index in [1.165, 1.54) is 0 Å². The van der Waals surface area contributed by atoms with Crippen molar-refractivity contribution >= 4 is 101 Å². The van der Waals surface area contributed by atoms with Crippen molar-refractivity contribution in [2.24, 2.45) is 5.41 Å². The van der Waals surface area contributed by atoms with Crippen LogP contribution >= 0.6 is 101 Å². The summed E-state index contributed by atoms with van der Waals surface area (Å²) in [6, 6.07) is 0. The molecule has 0 aromatic heterocycles. The van der Waals surface area contributed by atoms with Crippen molar-refractivity contribution in [3.8, 4) is 0 Å². The molecule has 0 amide bonds. The van der Waals surface area contributed by atoms with Gasteiger partial charge in [-0.25, -0.2) is 0 Å². The highest BCUT2D eigenvalue weighted by Crippen LogP contribution is 2.49. The topological polar surface area (TPSA) is 0 Å². The summed E-state index contributed by atoms with van der Waals surface area (Å²) in [4.78, 5) is 0. The molecule has 0 radical (unpaired) electrons. The Hall–Kier alpha value is 2.80. The Bertz CT molecular complexity index is 209. The minimum Gasteiger partial charge on any atom is -0.179 e. The average Bonchev–Trinajstić information content (AvgIpc) is 2.40. The zero-order valence-corrected chi connectivity index (χ0v) is 19.2. The molecule has 21 heavy (non-hydrogen) atoms. The van der Waals surface area contributed by atoms with Crippen LogP contribution < -0.4 is 0 Å². The lowest BCUT2D eigenvalue weighted by molar-refractivity contribution is 0.236. The third kappa shape index (κ3) is 6.55. The lowest BCUT2D eigenvalue weighted by Gasteiger charge is -2.50. The molecular weight excluding hydrogens is 413 g/mol. The molecule has 0 aromatic rings. The van der Waals surface area contributed by atoms with Gasteiger partial charge in [-0.15, -0.1) is 0 Å². The SMILES string of the molecule is SCCC(S)C(C(S)CCS)(C(S)CCS)C(S)CCS. The van der Waals surface area contributed by atoms with Crippen LogP contribution in [-0.2, 0) is 0 Å². The van der Waals surface area contributed by atoms with Crippen LogP contribution in [0.5, 0.6) is 0 Å². The van der Waals surface area contributed by atoms with E-state index in [2.05, 4.69) is 50.5 Å². The van der Waals surface area contributed by atoms with Crippen molar-refractivity contribution in [1.82, 2.24) is 0 Å². The number of rotatable bonds is 12. The Morgan fingerprint density at radius 2 is 0.667 bits per heavy atom. The van der Waals surface area contributed by atoms with Gasteiger partial charge in [0, 0.05) is 26.4 Å². The van der Waals surface area contributed by atoms with Gasteiger partial charge < -0.3 is 0 Å². The maximum Gasteiger partial charge on any atom is 0.0169 e. The summed E-state index contributed by atoms with van der Waals surface area (Å²) >= 11 is 37.2.